The number of para-hydroxylation sites is 1. The van der Waals surface area contributed by atoms with E-state index in [1.807, 2.05) is 0 Å². The van der Waals surface area contributed by atoms with Crippen LogP contribution in [0.2, 0.25) is 0 Å². The summed E-state index contributed by atoms with van der Waals surface area (Å²) >= 11 is 0.772. The summed E-state index contributed by atoms with van der Waals surface area (Å²) in [5, 5.41) is 11.0. The molecular formula is C14H8N2O4S. The fourth-order valence-electron chi connectivity index (χ4n) is 2.03. The average Bonchev–Trinajstić information content (AvgIpc) is 2.73. The summed E-state index contributed by atoms with van der Waals surface area (Å²) in [6, 6.07) is 12.5. The highest BCUT2D eigenvalue weighted by Crippen LogP contribution is 2.36. The van der Waals surface area contributed by atoms with Crippen LogP contribution >= 0.6 is 11.9 Å². The van der Waals surface area contributed by atoms with Crippen LogP contribution in [-0.2, 0) is 0 Å². The van der Waals surface area contributed by atoms with E-state index in [9.17, 15) is 19.7 Å². The van der Waals surface area contributed by atoms with Crippen LogP contribution in [0.15, 0.2) is 53.4 Å². The lowest BCUT2D eigenvalue weighted by Gasteiger charge is -2.11. The van der Waals surface area contributed by atoms with E-state index in [0.717, 1.165) is 16.3 Å². The predicted octanol–water partition coefficient (Wildman–Crippen LogP) is 2.90. The number of hydrogen-bond acceptors (Lipinski definition) is 5. The lowest BCUT2D eigenvalue weighted by atomic mass is 10.1. The molecule has 0 saturated carbocycles. The van der Waals surface area contributed by atoms with Crippen LogP contribution in [0.4, 0.5) is 5.69 Å². The minimum absolute atomic E-state index is 0.140. The van der Waals surface area contributed by atoms with Gasteiger partial charge in [0.05, 0.1) is 16.1 Å². The van der Waals surface area contributed by atoms with E-state index in [1.54, 1.807) is 30.3 Å². The molecule has 2 aromatic rings. The molecule has 2 amide bonds. The molecule has 0 aromatic heterocycles. The molecule has 0 aliphatic carbocycles. The maximum absolute atomic E-state index is 12.2. The van der Waals surface area contributed by atoms with Gasteiger partial charge < -0.3 is 0 Å². The Kier molecular flexibility index (Phi) is 3.19. The molecule has 0 spiro atoms. The van der Waals surface area contributed by atoms with Crippen LogP contribution in [0.5, 0.6) is 0 Å². The molecule has 7 heteroatoms. The van der Waals surface area contributed by atoms with Crippen molar-refractivity contribution in [2.24, 2.45) is 0 Å². The van der Waals surface area contributed by atoms with E-state index < -0.39 is 16.7 Å². The molecule has 1 heterocycles. The molecule has 2 aromatic carbocycles. The number of amides is 2. The third kappa shape index (κ3) is 2.17. The third-order valence-electron chi connectivity index (χ3n) is 3.01. The fourth-order valence-corrected chi connectivity index (χ4v) is 2.97. The van der Waals surface area contributed by atoms with E-state index >= 15 is 0 Å². The second kappa shape index (κ2) is 5.02. The van der Waals surface area contributed by atoms with Gasteiger partial charge in [0, 0.05) is 18.0 Å². The van der Waals surface area contributed by atoms with Gasteiger partial charge >= 0.3 is 0 Å². The monoisotopic (exact) mass is 300 g/mol. The van der Waals surface area contributed by atoms with Crippen molar-refractivity contribution in [3.8, 4) is 0 Å². The Balaban J connectivity index is 1.96. The molecule has 1 aliphatic rings. The maximum Gasteiger partial charge on any atom is 0.284 e. The summed E-state index contributed by atoms with van der Waals surface area (Å²) in [5.41, 5.74) is 0.487. The molecule has 0 saturated heterocycles. The molecule has 3 rings (SSSR count). The summed E-state index contributed by atoms with van der Waals surface area (Å²) in [7, 11) is 0. The van der Waals surface area contributed by atoms with Gasteiger partial charge in [-0.15, -0.1) is 0 Å². The van der Waals surface area contributed by atoms with Gasteiger partial charge in [-0.05, 0) is 18.2 Å². The smallest absolute Gasteiger partial charge is 0.268 e. The van der Waals surface area contributed by atoms with Gasteiger partial charge in [0.2, 0.25) is 0 Å². The number of benzene rings is 2. The first-order valence-electron chi connectivity index (χ1n) is 5.99. The minimum atomic E-state index is -0.541. The molecule has 0 N–H and O–H groups in total. The van der Waals surface area contributed by atoms with E-state index in [-0.39, 0.29) is 10.6 Å². The van der Waals surface area contributed by atoms with E-state index in [4.69, 9.17) is 0 Å². The van der Waals surface area contributed by atoms with Gasteiger partial charge in [-0.25, -0.2) is 4.31 Å². The lowest BCUT2D eigenvalue weighted by molar-refractivity contribution is -0.387. The molecule has 0 atom stereocenters. The van der Waals surface area contributed by atoms with Crippen LogP contribution in [-0.4, -0.2) is 21.0 Å². The Morgan fingerprint density at radius 1 is 0.905 bits per heavy atom. The second-order valence-electron chi connectivity index (χ2n) is 4.27. The van der Waals surface area contributed by atoms with Crippen LogP contribution in [0, 0.1) is 10.1 Å². The lowest BCUT2D eigenvalue weighted by Crippen LogP contribution is -2.22. The summed E-state index contributed by atoms with van der Waals surface area (Å²) in [4.78, 5) is 35.1. The van der Waals surface area contributed by atoms with Crippen LogP contribution in [0.1, 0.15) is 20.7 Å². The molecule has 0 radical (unpaired) electrons. The van der Waals surface area contributed by atoms with Crippen molar-refractivity contribution in [3.63, 3.8) is 0 Å². The van der Waals surface area contributed by atoms with E-state index in [2.05, 4.69) is 0 Å². The Labute approximate surface area is 123 Å². The first kappa shape index (κ1) is 13.3. The summed E-state index contributed by atoms with van der Waals surface area (Å²) < 4.78 is 0.951. The van der Waals surface area contributed by atoms with Gasteiger partial charge in [0.1, 0.15) is 4.90 Å². The highest BCUT2D eigenvalue weighted by molar-refractivity contribution is 7.98. The Morgan fingerprint density at radius 2 is 1.43 bits per heavy atom. The summed E-state index contributed by atoms with van der Waals surface area (Å²) in [6.45, 7) is 0. The molecule has 21 heavy (non-hydrogen) atoms. The van der Waals surface area contributed by atoms with Gasteiger partial charge in [0.15, 0.2) is 0 Å². The number of carbonyl (C=O) groups excluding carboxylic acids is 2. The zero-order valence-electron chi connectivity index (χ0n) is 10.6. The zero-order valence-corrected chi connectivity index (χ0v) is 11.4. The Morgan fingerprint density at radius 3 is 2.00 bits per heavy atom. The predicted molar refractivity (Wildman–Crippen MR) is 75.9 cm³/mol. The number of fused-ring (bicyclic) bond motifs is 1. The summed E-state index contributed by atoms with van der Waals surface area (Å²) in [5.74, 6) is -0.919. The topological polar surface area (TPSA) is 80.5 Å². The number of hydrogen-bond donors (Lipinski definition) is 0. The largest absolute Gasteiger partial charge is 0.284 e. The molecule has 1 aliphatic heterocycles. The molecule has 0 fully saturated rings. The van der Waals surface area contributed by atoms with Crippen molar-refractivity contribution in [3.05, 3.63) is 69.8 Å². The summed E-state index contributed by atoms with van der Waals surface area (Å²) in [6.07, 6.45) is 0. The Bertz CT molecular complexity index is 740. The van der Waals surface area contributed by atoms with Crippen molar-refractivity contribution < 1.29 is 14.5 Å². The van der Waals surface area contributed by atoms with Crippen molar-refractivity contribution in [2.45, 2.75) is 4.90 Å². The number of imide groups is 1. The van der Waals surface area contributed by atoms with Crippen LogP contribution in [0.3, 0.4) is 0 Å². The van der Waals surface area contributed by atoms with E-state index in [1.165, 1.54) is 18.2 Å². The van der Waals surface area contributed by atoms with E-state index in [0.29, 0.717) is 11.1 Å². The van der Waals surface area contributed by atoms with Gasteiger partial charge in [-0.3, -0.25) is 19.7 Å². The average molecular weight is 300 g/mol. The molecule has 0 unspecified atom stereocenters. The fraction of sp³-hybridized carbons (Fsp3) is 0. The minimum Gasteiger partial charge on any atom is -0.268 e. The molecule has 0 bridgehead atoms. The third-order valence-corrected chi connectivity index (χ3v) is 4.06. The highest BCUT2D eigenvalue weighted by atomic mass is 32.2. The van der Waals surface area contributed by atoms with Crippen molar-refractivity contribution in [1.82, 2.24) is 4.31 Å². The highest BCUT2D eigenvalue weighted by Gasteiger charge is 2.37. The standard InChI is InChI=1S/C14H8N2O4S/c17-13-9-5-1-2-6-10(9)14(18)15(13)21-12-8-4-3-7-11(12)16(19)20/h1-8H. The van der Waals surface area contributed by atoms with Gasteiger partial charge in [-0.2, -0.15) is 0 Å². The number of nitrogens with zero attached hydrogens (tertiary/aromatic N) is 2. The SMILES string of the molecule is O=C1c2ccccc2C(=O)N1Sc1ccccc1[N+](=O)[O-]. The van der Waals surface area contributed by atoms with Gasteiger partial charge in [0.25, 0.3) is 17.5 Å². The molecule has 104 valence electrons. The number of nitro groups is 1. The number of nitro benzene ring substituents is 1. The van der Waals surface area contributed by atoms with Crippen LogP contribution in [0.25, 0.3) is 0 Å². The van der Waals surface area contributed by atoms with Crippen molar-refractivity contribution in [1.29, 1.82) is 0 Å². The zero-order chi connectivity index (χ0) is 15.0. The quantitative estimate of drug-likeness (QED) is 0.377. The maximum atomic E-state index is 12.2. The van der Waals surface area contributed by atoms with Crippen molar-refractivity contribution in [2.75, 3.05) is 0 Å². The number of rotatable bonds is 3. The molecular weight excluding hydrogens is 292 g/mol. The van der Waals surface area contributed by atoms with Crippen molar-refractivity contribution >= 4 is 29.4 Å². The van der Waals surface area contributed by atoms with Crippen LogP contribution < -0.4 is 0 Å². The number of carbonyl (C=O) groups is 2. The first-order chi connectivity index (χ1) is 10.1. The first-order valence-corrected chi connectivity index (χ1v) is 6.76. The molecule has 6 nitrogen and oxygen atoms in total. The normalized spacial score (nSPS) is 13.4. The Hall–Kier alpha value is -2.67. The van der Waals surface area contributed by atoms with Gasteiger partial charge in [-0.1, -0.05) is 24.3 Å². The second-order valence-corrected chi connectivity index (χ2v) is 5.25.